The molecule has 25 heavy (non-hydrogen) atoms. The molecule has 1 aliphatic rings. The van der Waals surface area contributed by atoms with E-state index < -0.39 is 0 Å². The molecule has 0 radical (unpaired) electrons. The Labute approximate surface area is 149 Å². The molecule has 2 aromatic heterocycles. The number of aromatic nitrogens is 2. The summed E-state index contributed by atoms with van der Waals surface area (Å²) >= 11 is 1.61. The second-order valence-corrected chi connectivity index (χ2v) is 6.98. The first-order chi connectivity index (χ1) is 12.3. The average Bonchev–Trinajstić information content (AvgIpc) is 3.41. The fraction of sp³-hybridized carbons (Fsp3) is 0.211. The van der Waals surface area contributed by atoms with Crippen molar-refractivity contribution in [2.24, 2.45) is 0 Å². The summed E-state index contributed by atoms with van der Waals surface area (Å²) in [5.41, 5.74) is 1.19. The van der Waals surface area contributed by atoms with Gasteiger partial charge in [0, 0.05) is 35.9 Å². The maximum atomic E-state index is 12.6. The number of carbonyl (C=O) groups excluding carboxylic acids is 1. The van der Waals surface area contributed by atoms with E-state index in [1.807, 2.05) is 46.7 Å². The molecule has 1 amide bonds. The Bertz CT molecular complexity index is 844. The molecule has 3 aromatic rings. The largest absolute Gasteiger partial charge is 0.343 e. The van der Waals surface area contributed by atoms with Crippen LogP contribution in [-0.2, 0) is 4.79 Å². The average molecular weight is 351 g/mol. The van der Waals surface area contributed by atoms with Crippen molar-refractivity contribution in [3.05, 3.63) is 76.6 Å². The summed E-state index contributed by atoms with van der Waals surface area (Å²) in [5, 5.41) is 6.01. The van der Waals surface area contributed by atoms with Crippen LogP contribution in [0, 0.1) is 0 Å². The van der Waals surface area contributed by atoms with E-state index in [0.29, 0.717) is 18.9 Å². The SMILES string of the molecule is O=C(/C=C/c1cccs1)N1CC(c2ccccc2)C(c2ncon2)C1. The van der Waals surface area contributed by atoms with Gasteiger partial charge in [-0.05, 0) is 23.1 Å². The van der Waals surface area contributed by atoms with Crippen molar-refractivity contribution in [3.8, 4) is 0 Å². The van der Waals surface area contributed by atoms with Gasteiger partial charge >= 0.3 is 0 Å². The van der Waals surface area contributed by atoms with Crippen LogP contribution in [0.3, 0.4) is 0 Å². The molecule has 126 valence electrons. The first-order valence-electron chi connectivity index (χ1n) is 8.13. The zero-order chi connectivity index (χ0) is 17.1. The van der Waals surface area contributed by atoms with Crippen molar-refractivity contribution in [3.63, 3.8) is 0 Å². The lowest BCUT2D eigenvalue weighted by Gasteiger charge is -2.15. The van der Waals surface area contributed by atoms with Crippen LogP contribution in [0.15, 0.2) is 64.8 Å². The smallest absolute Gasteiger partial charge is 0.246 e. The van der Waals surface area contributed by atoms with Gasteiger partial charge in [-0.2, -0.15) is 4.98 Å². The molecule has 2 atom stereocenters. The van der Waals surface area contributed by atoms with E-state index in [1.54, 1.807) is 17.4 Å². The maximum absolute atomic E-state index is 12.6. The highest BCUT2D eigenvalue weighted by molar-refractivity contribution is 7.10. The highest BCUT2D eigenvalue weighted by Gasteiger charge is 2.38. The highest BCUT2D eigenvalue weighted by Crippen LogP contribution is 2.38. The molecule has 0 saturated carbocycles. The lowest BCUT2D eigenvalue weighted by atomic mass is 9.88. The number of thiophene rings is 1. The fourth-order valence-corrected chi connectivity index (χ4v) is 3.89. The van der Waals surface area contributed by atoms with Gasteiger partial charge in [0.25, 0.3) is 0 Å². The van der Waals surface area contributed by atoms with Crippen LogP contribution < -0.4 is 0 Å². The third-order valence-corrected chi connectivity index (χ3v) is 5.34. The van der Waals surface area contributed by atoms with E-state index >= 15 is 0 Å². The molecule has 1 aliphatic heterocycles. The lowest BCUT2D eigenvalue weighted by Crippen LogP contribution is -2.27. The van der Waals surface area contributed by atoms with Crippen molar-refractivity contribution in [2.45, 2.75) is 11.8 Å². The Morgan fingerprint density at radius 1 is 1.16 bits per heavy atom. The molecule has 1 aromatic carbocycles. The third-order valence-electron chi connectivity index (χ3n) is 4.50. The molecule has 0 bridgehead atoms. The molecule has 0 N–H and O–H groups in total. The minimum atomic E-state index is 0.0142. The molecular formula is C19H17N3O2S. The highest BCUT2D eigenvalue weighted by atomic mass is 32.1. The lowest BCUT2D eigenvalue weighted by molar-refractivity contribution is -0.125. The van der Waals surface area contributed by atoms with Crippen molar-refractivity contribution in [2.75, 3.05) is 13.1 Å². The Kier molecular flexibility index (Phi) is 4.43. The first kappa shape index (κ1) is 15.8. The molecule has 4 rings (SSSR count). The van der Waals surface area contributed by atoms with Gasteiger partial charge in [-0.25, -0.2) is 0 Å². The van der Waals surface area contributed by atoms with Crippen LogP contribution in [0.1, 0.15) is 28.1 Å². The summed E-state index contributed by atoms with van der Waals surface area (Å²) in [4.78, 5) is 19.8. The molecule has 1 fully saturated rings. The topological polar surface area (TPSA) is 59.2 Å². The molecule has 1 saturated heterocycles. The van der Waals surface area contributed by atoms with Crippen LogP contribution in [-0.4, -0.2) is 34.0 Å². The van der Waals surface area contributed by atoms with Crippen molar-refractivity contribution < 1.29 is 9.32 Å². The summed E-state index contributed by atoms with van der Waals surface area (Å²) in [5.74, 6) is 0.879. The van der Waals surface area contributed by atoms with Crippen LogP contribution in [0.2, 0.25) is 0 Å². The standard InChI is InChI=1S/C19H17N3O2S/c23-18(9-8-15-7-4-10-25-15)22-11-16(14-5-2-1-3-6-14)17(12-22)19-20-13-24-21-19/h1-10,13,16-17H,11-12H2/b9-8+. The second-order valence-electron chi connectivity index (χ2n) is 6.01. The minimum Gasteiger partial charge on any atom is -0.343 e. The van der Waals surface area contributed by atoms with E-state index in [1.165, 1.54) is 12.0 Å². The van der Waals surface area contributed by atoms with Crippen molar-refractivity contribution >= 4 is 23.3 Å². The summed E-state index contributed by atoms with van der Waals surface area (Å²) in [6, 6.07) is 14.2. The number of benzene rings is 1. The number of nitrogens with zero attached hydrogens (tertiary/aromatic N) is 3. The number of amides is 1. The zero-order valence-corrected chi connectivity index (χ0v) is 14.3. The van der Waals surface area contributed by atoms with Gasteiger partial charge in [-0.3, -0.25) is 4.79 Å². The van der Waals surface area contributed by atoms with E-state index in [9.17, 15) is 4.79 Å². The van der Waals surface area contributed by atoms with Gasteiger partial charge in [-0.15, -0.1) is 11.3 Å². The Balaban J connectivity index is 1.56. The number of hydrogen-bond acceptors (Lipinski definition) is 5. The minimum absolute atomic E-state index is 0.0142. The van der Waals surface area contributed by atoms with Gasteiger partial charge in [0.1, 0.15) is 0 Å². The van der Waals surface area contributed by atoms with Crippen LogP contribution in [0.4, 0.5) is 0 Å². The summed E-state index contributed by atoms with van der Waals surface area (Å²) in [6.45, 7) is 1.24. The van der Waals surface area contributed by atoms with E-state index in [0.717, 1.165) is 4.88 Å². The molecule has 3 heterocycles. The molecular weight excluding hydrogens is 334 g/mol. The van der Waals surface area contributed by atoms with Crippen molar-refractivity contribution in [1.29, 1.82) is 0 Å². The first-order valence-corrected chi connectivity index (χ1v) is 9.01. The van der Waals surface area contributed by atoms with Gasteiger partial charge in [0.15, 0.2) is 5.82 Å². The number of rotatable bonds is 4. The van der Waals surface area contributed by atoms with E-state index in [4.69, 9.17) is 4.52 Å². The number of hydrogen-bond donors (Lipinski definition) is 0. The fourth-order valence-electron chi connectivity index (χ4n) is 3.27. The molecule has 0 spiro atoms. The van der Waals surface area contributed by atoms with Gasteiger partial charge in [-0.1, -0.05) is 41.6 Å². The van der Waals surface area contributed by atoms with Crippen LogP contribution in [0.25, 0.3) is 6.08 Å². The second kappa shape index (κ2) is 7.03. The number of likely N-dealkylation sites (tertiary alicyclic amines) is 1. The third kappa shape index (κ3) is 3.39. The Hall–Kier alpha value is -2.73. The van der Waals surface area contributed by atoms with Gasteiger partial charge in [0.2, 0.25) is 12.3 Å². The molecule has 0 aliphatic carbocycles. The summed E-state index contributed by atoms with van der Waals surface area (Å²) in [7, 11) is 0. The zero-order valence-electron chi connectivity index (χ0n) is 13.5. The normalized spacial score (nSPS) is 20.4. The number of carbonyl (C=O) groups is 1. The monoisotopic (exact) mass is 351 g/mol. The van der Waals surface area contributed by atoms with Crippen LogP contribution >= 0.6 is 11.3 Å². The van der Waals surface area contributed by atoms with Crippen LogP contribution in [0.5, 0.6) is 0 Å². The Morgan fingerprint density at radius 3 is 2.72 bits per heavy atom. The quantitative estimate of drug-likeness (QED) is 0.675. The predicted octanol–water partition coefficient (Wildman–Crippen LogP) is 3.55. The summed E-state index contributed by atoms with van der Waals surface area (Å²) < 4.78 is 4.93. The molecule has 5 nitrogen and oxygen atoms in total. The van der Waals surface area contributed by atoms with Gasteiger partial charge < -0.3 is 9.42 Å². The van der Waals surface area contributed by atoms with Gasteiger partial charge in [0.05, 0.1) is 0 Å². The molecule has 6 heteroatoms. The predicted molar refractivity (Wildman–Crippen MR) is 96.2 cm³/mol. The van der Waals surface area contributed by atoms with E-state index in [-0.39, 0.29) is 17.7 Å². The summed E-state index contributed by atoms with van der Waals surface area (Å²) in [6.07, 6.45) is 4.86. The maximum Gasteiger partial charge on any atom is 0.246 e. The Morgan fingerprint density at radius 2 is 2.00 bits per heavy atom. The van der Waals surface area contributed by atoms with E-state index in [2.05, 4.69) is 22.3 Å². The molecule has 2 unspecified atom stereocenters. The van der Waals surface area contributed by atoms with Crippen molar-refractivity contribution in [1.82, 2.24) is 15.0 Å².